The molecule has 3 nitrogen and oxygen atoms in total. The molecule has 1 N–H and O–H groups in total. The summed E-state index contributed by atoms with van der Waals surface area (Å²) in [5, 5.41) is 2.88. The molecule has 1 amide bonds. The zero-order valence-corrected chi connectivity index (χ0v) is 8.75. The van der Waals surface area contributed by atoms with Crippen LogP contribution in [0.1, 0.15) is 26.7 Å². The highest BCUT2D eigenvalue weighted by Gasteiger charge is 2.27. The third-order valence-corrected chi connectivity index (χ3v) is 2.40. The van der Waals surface area contributed by atoms with E-state index in [1.54, 1.807) is 6.92 Å². The molecular formula is C11H17NO2. The van der Waals surface area contributed by atoms with Gasteiger partial charge in [-0.2, -0.15) is 0 Å². The molecule has 0 aromatic carbocycles. The van der Waals surface area contributed by atoms with Crippen molar-refractivity contribution in [3.63, 3.8) is 0 Å². The first-order valence-electron chi connectivity index (χ1n) is 5.02. The first kappa shape index (κ1) is 10.8. The standard InChI is InChI=1S/C11H17NO2/c1-3-11(8-6-5-7-9-11)12-10(13)14-4-2/h5-8H,3-4,9H2,1-2H3,(H,12,13). The summed E-state index contributed by atoms with van der Waals surface area (Å²) in [7, 11) is 0. The van der Waals surface area contributed by atoms with Crippen LogP contribution in [-0.2, 0) is 4.74 Å². The predicted molar refractivity (Wildman–Crippen MR) is 56.1 cm³/mol. The topological polar surface area (TPSA) is 38.3 Å². The van der Waals surface area contributed by atoms with Gasteiger partial charge in [-0.25, -0.2) is 4.79 Å². The van der Waals surface area contributed by atoms with Gasteiger partial charge in [-0.3, -0.25) is 0 Å². The van der Waals surface area contributed by atoms with Gasteiger partial charge in [0.1, 0.15) is 0 Å². The van der Waals surface area contributed by atoms with E-state index in [-0.39, 0.29) is 11.6 Å². The highest BCUT2D eigenvalue weighted by atomic mass is 16.5. The van der Waals surface area contributed by atoms with Crippen LogP contribution in [0.15, 0.2) is 24.3 Å². The number of allylic oxidation sites excluding steroid dienone is 2. The van der Waals surface area contributed by atoms with Crippen LogP contribution in [0.4, 0.5) is 4.79 Å². The number of amides is 1. The van der Waals surface area contributed by atoms with Gasteiger partial charge in [-0.1, -0.05) is 31.2 Å². The Hall–Kier alpha value is -1.25. The average Bonchev–Trinajstić information content (AvgIpc) is 2.19. The van der Waals surface area contributed by atoms with Crippen molar-refractivity contribution in [2.75, 3.05) is 6.61 Å². The maximum atomic E-state index is 11.3. The van der Waals surface area contributed by atoms with Crippen LogP contribution in [0, 0.1) is 0 Å². The first-order valence-corrected chi connectivity index (χ1v) is 5.02. The molecule has 0 saturated heterocycles. The van der Waals surface area contributed by atoms with E-state index in [4.69, 9.17) is 4.74 Å². The molecule has 1 rings (SSSR count). The normalized spacial score (nSPS) is 24.7. The fourth-order valence-electron chi connectivity index (χ4n) is 1.48. The van der Waals surface area contributed by atoms with Crippen molar-refractivity contribution >= 4 is 6.09 Å². The number of rotatable bonds is 3. The van der Waals surface area contributed by atoms with Crippen LogP contribution in [0.3, 0.4) is 0 Å². The molecule has 1 aliphatic rings. The molecular weight excluding hydrogens is 178 g/mol. The minimum atomic E-state index is -0.339. The number of alkyl carbamates (subject to hydrolysis) is 1. The number of carbonyl (C=O) groups is 1. The summed E-state index contributed by atoms with van der Waals surface area (Å²) in [6.07, 6.45) is 9.37. The third-order valence-electron chi connectivity index (χ3n) is 2.40. The molecule has 0 radical (unpaired) electrons. The Morgan fingerprint density at radius 3 is 2.79 bits per heavy atom. The predicted octanol–water partition coefficient (Wildman–Crippen LogP) is 2.40. The van der Waals surface area contributed by atoms with Crippen molar-refractivity contribution < 1.29 is 9.53 Å². The van der Waals surface area contributed by atoms with E-state index in [1.165, 1.54) is 0 Å². The molecule has 0 heterocycles. The van der Waals surface area contributed by atoms with E-state index in [0.29, 0.717) is 6.61 Å². The van der Waals surface area contributed by atoms with Crippen molar-refractivity contribution in [1.82, 2.24) is 5.32 Å². The van der Waals surface area contributed by atoms with Gasteiger partial charge in [0, 0.05) is 0 Å². The quantitative estimate of drug-likeness (QED) is 0.751. The molecule has 0 bridgehead atoms. The van der Waals surface area contributed by atoms with E-state index < -0.39 is 0 Å². The maximum Gasteiger partial charge on any atom is 0.407 e. The second-order valence-electron chi connectivity index (χ2n) is 3.35. The second kappa shape index (κ2) is 4.84. The lowest BCUT2D eigenvalue weighted by Gasteiger charge is -2.30. The van der Waals surface area contributed by atoms with Crippen molar-refractivity contribution in [2.24, 2.45) is 0 Å². The van der Waals surface area contributed by atoms with Crippen molar-refractivity contribution in [1.29, 1.82) is 0 Å². The van der Waals surface area contributed by atoms with Gasteiger partial charge in [0.25, 0.3) is 0 Å². The monoisotopic (exact) mass is 195 g/mol. The lowest BCUT2D eigenvalue weighted by Crippen LogP contribution is -2.46. The minimum absolute atomic E-state index is 0.249. The maximum absolute atomic E-state index is 11.3. The van der Waals surface area contributed by atoms with Crippen molar-refractivity contribution in [2.45, 2.75) is 32.2 Å². The molecule has 78 valence electrons. The van der Waals surface area contributed by atoms with Crippen LogP contribution in [0.25, 0.3) is 0 Å². The highest BCUT2D eigenvalue weighted by Crippen LogP contribution is 2.21. The summed E-state index contributed by atoms with van der Waals surface area (Å²) in [4.78, 5) is 11.3. The zero-order valence-electron chi connectivity index (χ0n) is 8.75. The summed E-state index contributed by atoms with van der Waals surface area (Å²) in [5.74, 6) is 0. The highest BCUT2D eigenvalue weighted by molar-refractivity contribution is 5.69. The molecule has 0 aliphatic heterocycles. The van der Waals surface area contributed by atoms with E-state index in [1.807, 2.05) is 18.2 Å². The van der Waals surface area contributed by atoms with Gasteiger partial charge < -0.3 is 10.1 Å². The van der Waals surface area contributed by atoms with Gasteiger partial charge in [-0.05, 0) is 19.8 Å². The molecule has 0 aromatic heterocycles. The first-order chi connectivity index (χ1) is 6.72. The molecule has 0 saturated carbocycles. The Morgan fingerprint density at radius 1 is 1.50 bits per heavy atom. The number of ether oxygens (including phenoxy) is 1. The molecule has 1 aliphatic carbocycles. The van der Waals surface area contributed by atoms with Gasteiger partial charge in [0.05, 0.1) is 12.1 Å². The van der Waals surface area contributed by atoms with Crippen molar-refractivity contribution in [3.05, 3.63) is 24.3 Å². The summed E-state index contributed by atoms with van der Waals surface area (Å²) in [5.41, 5.74) is -0.249. The van der Waals surface area contributed by atoms with Crippen molar-refractivity contribution in [3.8, 4) is 0 Å². The van der Waals surface area contributed by atoms with Crippen LogP contribution < -0.4 is 5.32 Å². The molecule has 0 fully saturated rings. The van der Waals surface area contributed by atoms with E-state index >= 15 is 0 Å². The van der Waals surface area contributed by atoms with Gasteiger partial charge in [0.2, 0.25) is 0 Å². The molecule has 3 heteroatoms. The fraction of sp³-hybridized carbons (Fsp3) is 0.545. The Bertz CT molecular complexity index is 258. The van der Waals surface area contributed by atoms with E-state index in [2.05, 4.69) is 18.3 Å². The number of nitrogens with one attached hydrogen (secondary N) is 1. The number of hydrogen-bond acceptors (Lipinski definition) is 2. The summed E-state index contributed by atoms with van der Waals surface area (Å²) >= 11 is 0. The van der Waals surface area contributed by atoms with Gasteiger partial charge in [-0.15, -0.1) is 0 Å². The van der Waals surface area contributed by atoms with Gasteiger partial charge in [0.15, 0.2) is 0 Å². The second-order valence-corrected chi connectivity index (χ2v) is 3.35. The van der Waals surface area contributed by atoms with Crippen LogP contribution in [0.2, 0.25) is 0 Å². The average molecular weight is 195 g/mol. The molecule has 0 spiro atoms. The minimum Gasteiger partial charge on any atom is -0.450 e. The molecule has 1 atom stereocenters. The largest absolute Gasteiger partial charge is 0.450 e. The molecule has 1 unspecified atom stereocenters. The lowest BCUT2D eigenvalue weighted by atomic mass is 9.89. The third kappa shape index (κ3) is 2.62. The zero-order chi connectivity index (χ0) is 10.4. The summed E-state index contributed by atoms with van der Waals surface area (Å²) in [6.45, 7) is 4.26. The van der Waals surface area contributed by atoms with Crippen LogP contribution >= 0.6 is 0 Å². The Morgan fingerprint density at radius 2 is 2.29 bits per heavy atom. The number of carbonyl (C=O) groups excluding carboxylic acids is 1. The fourth-order valence-corrected chi connectivity index (χ4v) is 1.48. The molecule has 0 aromatic rings. The van der Waals surface area contributed by atoms with Crippen LogP contribution in [0.5, 0.6) is 0 Å². The smallest absolute Gasteiger partial charge is 0.407 e. The summed E-state index contributed by atoms with van der Waals surface area (Å²) in [6, 6.07) is 0. The van der Waals surface area contributed by atoms with E-state index in [0.717, 1.165) is 12.8 Å². The Labute approximate surface area is 84.8 Å². The lowest BCUT2D eigenvalue weighted by molar-refractivity contribution is 0.142. The summed E-state index contributed by atoms with van der Waals surface area (Å²) < 4.78 is 4.86. The SMILES string of the molecule is CCOC(=O)NC1(CC)C=CC=CC1. The van der Waals surface area contributed by atoms with E-state index in [9.17, 15) is 4.79 Å². The molecule has 14 heavy (non-hydrogen) atoms. The Balaban J connectivity index is 2.58. The van der Waals surface area contributed by atoms with Gasteiger partial charge >= 0.3 is 6.09 Å². The Kier molecular flexibility index (Phi) is 3.74. The van der Waals surface area contributed by atoms with Crippen LogP contribution in [-0.4, -0.2) is 18.2 Å². The number of hydrogen-bond donors (Lipinski definition) is 1.